The van der Waals surface area contributed by atoms with E-state index in [0.29, 0.717) is 0 Å². The Kier molecular flexibility index (Phi) is 13.4. The first-order chi connectivity index (χ1) is 2.91. The van der Waals surface area contributed by atoms with Crippen molar-refractivity contribution in [3.63, 3.8) is 0 Å². The SMILES string of the molecule is [CH-]=C/C=C\[CH]=[Zn].[NH2-]. The fraction of sp³-hybridized carbons (Fsp3) is 0. The molecule has 0 aliphatic heterocycles. The Labute approximate surface area is 53.9 Å². The predicted molar refractivity (Wildman–Crippen MR) is 29.4 cm³/mol. The molecule has 0 rings (SSSR count). The van der Waals surface area contributed by atoms with Gasteiger partial charge in [-0.1, -0.05) is 0 Å². The van der Waals surface area contributed by atoms with Crippen molar-refractivity contribution in [2.75, 3.05) is 0 Å². The van der Waals surface area contributed by atoms with Crippen LogP contribution in [0.5, 0.6) is 0 Å². The number of hydrogen-bond acceptors (Lipinski definition) is 0. The number of allylic oxidation sites excluding steroid dienone is 3. The van der Waals surface area contributed by atoms with Crippen molar-refractivity contribution in [2.45, 2.75) is 0 Å². The molecule has 0 aliphatic rings. The minimum absolute atomic E-state index is 0. The minimum atomic E-state index is 0. The Hall–Kier alpha value is -0.0666. The van der Waals surface area contributed by atoms with Gasteiger partial charge < -0.3 is 6.15 Å². The van der Waals surface area contributed by atoms with E-state index < -0.39 is 0 Å². The second kappa shape index (κ2) is 9.33. The second-order valence-corrected chi connectivity index (χ2v) is 1.80. The van der Waals surface area contributed by atoms with Gasteiger partial charge >= 0.3 is 47.3 Å². The molecule has 7 heavy (non-hydrogen) atoms. The summed E-state index contributed by atoms with van der Waals surface area (Å²) in [6.45, 7) is 5.00. The van der Waals surface area contributed by atoms with E-state index >= 15 is 0 Å². The van der Waals surface area contributed by atoms with E-state index in [1.54, 1.807) is 0 Å². The van der Waals surface area contributed by atoms with Gasteiger partial charge in [0, 0.05) is 0 Å². The Morgan fingerprint density at radius 1 is 1.29 bits per heavy atom. The van der Waals surface area contributed by atoms with E-state index in [1.165, 1.54) is 23.9 Å². The van der Waals surface area contributed by atoms with Crippen molar-refractivity contribution in [2.24, 2.45) is 0 Å². The molecular weight excluding hydrogens is 139 g/mol. The average molecular weight is 147 g/mol. The van der Waals surface area contributed by atoms with Crippen LogP contribution in [0.3, 0.4) is 0 Å². The smallest absolute Gasteiger partial charge is 0.693 e. The van der Waals surface area contributed by atoms with Gasteiger partial charge in [-0.05, 0) is 0 Å². The monoisotopic (exact) mass is 145 g/mol. The zero-order valence-corrected chi connectivity index (χ0v) is 7.14. The first-order valence-electron chi connectivity index (χ1n) is 1.74. The van der Waals surface area contributed by atoms with Crippen LogP contribution in [0.2, 0.25) is 0 Å². The summed E-state index contributed by atoms with van der Waals surface area (Å²) >= 11 is 1.20. The molecule has 0 saturated heterocycles. The van der Waals surface area contributed by atoms with Gasteiger partial charge in [-0.3, -0.25) is 0 Å². The molecule has 0 radical (unpaired) electrons. The zero-order valence-electron chi connectivity index (χ0n) is 4.17. The maximum absolute atomic E-state index is 5.00. The molecule has 2 N–H and O–H groups in total. The van der Waals surface area contributed by atoms with Crippen LogP contribution in [0.4, 0.5) is 0 Å². The summed E-state index contributed by atoms with van der Waals surface area (Å²) in [5.74, 6) is 0. The summed E-state index contributed by atoms with van der Waals surface area (Å²) in [4.78, 5) is 0. The molecule has 0 unspecified atom stereocenters. The molecule has 0 aromatic carbocycles. The quantitative estimate of drug-likeness (QED) is 0.322. The summed E-state index contributed by atoms with van der Waals surface area (Å²) in [7, 11) is 0. The molecule has 0 aliphatic carbocycles. The van der Waals surface area contributed by atoms with Gasteiger partial charge in [0.05, 0.1) is 0 Å². The van der Waals surface area contributed by atoms with E-state index in [4.69, 9.17) is 6.58 Å². The molecule has 36 valence electrons. The van der Waals surface area contributed by atoms with E-state index in [9.17, 15) is 0 Å². The third kappa shape index (κ3) is 10.7. The van der Waals surface area contributed by atoms with Gasteiger partial charge in [0.1, 0.15) is 0 Å². The van der Waals surface area contributed by atoms with Crippen LogP contribution in [-0.4, -0.2) is 4.61 Å². The van der Waals surface area contributed by atoms with E-state index in [1.807, 2.05) is 16.8 Å². The molecule has 1 nitrogen and oxygen atoms in total. The maximum atomic E-state index is 5.00. The van der Waals surface area contributed by atoms with Crippen LogP contribution >= 0.6 is 0 Å². The number of hydrogen-bond donors (Lipinski definition) is 0. The summed E-state index contributed by atoms with van der Waals surface area (Å²) in [6.07, 6.45) is 5.26. The molecule has 0 spiro atoms. The first kappa shape index (κ1) is 10.0. The van der Waals surface area contributed by atoms with E-state index in [2.05, 4.69) is 0 Å². The van der Waals surface area contributed by atoms with Crippen LogP contribution in [0, 0.1) is 6.58 Å². The van der Waals surface area contributed by atoms with Gasteiger partial charge in [0.2, 0.25) is 0 Å². The van der Waals surface area contributed by atoms with Crippen molar-refractivity contribution >= 4 is 4.61 Å². The standard InChI is InChI=1S/C5H5.H2N.Zn/c1-3-5-4-2;;/h1-5H;1H2;/q2*-1;/b5-3-;;. The molecule has 0 atom stereocenters. The molecule has 0 aromatic rings. The molecule has 0 saturated carbocycles. The third-order valence-electron chi connectivity index (χ3n) is 0.358. The predicted octanol–water partition coefficient (Wildman–Crippen LogP) is 1.60. The largest absolute Gasteiger partial charge is 0.693 e. The normalized spacial score (nSPS) is 7.71. The minimum Gasteiger partial charge on any atom is -0.693 e. The molecule has 0 bridgehead atoms. The summed E-state index contributed by atoms with van der Waals surface area (Å²) in [5, 5.41) is 0. The van der Waals surface area contributed by atoms with E-state index in [0.717, 1.165) is 0 Å². The Balaban J connectivity index is 0. The topological polar surface area (TPSA) is 33.5 Å². The fourth-order valence-electron chi connectivity index (χ4n) is 0.143. The van der Waals surface area contributed by atoms with Crippen LogP contribution in [0.15, 0.2) is 18.2 Å². The Bertz CT molecular complexity index is 66.1. The van der Waals surface area contributed by atoms with Gasteiger partial charge in [0.15, 0.2) is 0 Å². The van der Waals surface area contributed by atoms with Crippen molar-refractivity contribution in [3.8, 4) is 0 Å². The first-order valence-corrected chi connectivity index (χ1v) is 3.45. The summed E-state index contributed by atoms with van der Waals surface area (Å²) in [5.41, 5.74) is 0. The molecular formula is C5H7NZn-2. The second-order valence-electron chi connectivity index (χ2n) is 0.813. The van der Waals surface area contributed by atoms with Crippen LogP contribution < -0.4 is 0 Å². The fourth-order valence-corrected chi connectivity index (χ4v) is 0.472. The number of rotatable bonds is 2. The average Bonchev–Trinajstić information content (AvgIpc) is 1.61. The van der Waals surface area contributed by atoms with Crippen LogP contribution in [0.25, 0.3) is 6.15 Å². The van der Waals surface area contributed by atoms with Crippen molar-refractivity contribution in [1.29, 1.82) is 0 Å². The maximum Gasteiger partial charge on any atom is -0.693 e. The van der Waals surface area contributed by atoms with Crippen molar-refractivity contribution in [1.82, 2.24) is 0 Å². The zero-order chi connectivity index (χ0) is 4.83. The van der Waals surface area contributed by atoms with Crippen LogP contribution in [0.1, 0.15) is 0 Å². The van der Waals surface area contributed by atoms with Gasteiger partial charge in [0.25, 0.3) is 0 Å². The molecule has 0 heterocycles. The van der Waals surface area contributed by atoms with Gasteiger partial charge in [-0.15, -0.1) is 0 Å². The van der Waals surface area contributed by atoms with Crippen molar-refractivity contribution < 1.29 is 17.9 Å². The Morgan fingerprint density at radius 3 is 2.00 bits per heavy atom. The third-order valence-corrected chi connectivity index (χ3v) is 0.929. The van der Waals surface area contributed by atoms with Crippen LogP contribution in [-0.2, 0) is 17.9 Å². The van der Waals surface area contributed by atoms with Gasteiger partial charge in [-0.2, -0.15) is 0 Å². The molecule has 2 heteroatoms. The summed E-state index contributed by atoms with van der Waals surface area (Å²) in [6, 6.07) is 0. The Morgan fingerprint density at radius 2 is 1.86 bits per heavy atom. The number of nitrogens with two attached hydrogens (primary N) is 1. The summed E-state index contributed by atoms with van der Waals surface area (Å²) < 4.78 is 2.04. The molecule has 0 fully saturated rings. The van der Waals surface area contributed by atoms with Gasteiger partial charge in [-0.25, -0.2) is 0 Å². The van der Waals surface area contributed by atoms with E-state index in [-0.39, 0.29) is 6.15 Å². The van der Waals surface area contributed by atoms with Crippen molar-refractivity contribution in [3.05, 3.63) is 31.0 Å². The molecule has 0 amide bonds. The molecule has 0 aromatic heterocycles.